The Morgan fingerprint density at radius 3 is 2.43 bits per heavy atom. The lowest BCUT2D eigenvalue weighted by Crippen LogP contribution is -2.48. The molecule has 6 N–H and O–H groups in total. The number of aliphatic hydroxyl groups excluding tert-OH is 1. The van der Waals surface area contributed by atoms with Gasteiger partial charge in [-0.2, -0.15) is 0 Å². The van der Waals surface area contributed by atoms with E-state index in [4.69, 9.17) is 15.9 Å². The molecule has 1 aliphatic rings. The molecule has 10 nitrogen and oxygen atoms in total. The number of carbonyl (C=O) groups excluding carboxylic acids is 3. The molecule has 4 rings (SSSR count). The number of hydrogen-bond acceptors (Lipinski definition) is 7. The molecule has 1 saturated heterocycles. The zero-order valence-corrected chi connectivity index (χ0v) is 20.7. The lowest BCUT2D eigenvalue weighted by molar-refractivity contribution is -0.137. The van der Waals surface area contributed by atoms with E-state index in [0.29, 0.717) is 22.6 Å². The van der Waals surface area contributed by atoms with Crippen molar-refractivity contribution < 1.29 is 24.2 Å². The van der Waals surface area contributed by atoms with Gasteiger partial charge in [-0.3, -0.25) is 19.8 Å². The Bertz CT molecular complexity index is 1280. The fourth-order valence-corrected chi connectivity index (χ4v) is 4.73. The summed E-state index contributed by atoms with van der Waals surface area (Å²) < 4.78 is 5.71. The topological polar surface area (TPSA) is 158 Å². The minimum atomic E-state index is -0.846. The predicted octanol–water partition coefficient (Wildman–Crippen LogP) is 1.83. The fourth-order valence-electron chi connectivity index (χ4n) is 3.90. The molecule has 0 radical (unpaired) electrons. The van der Waals surface area contributed by atoms with Crippen LogP contribution in [0.5, 0.6) is 11.5 Å². The smallest absolute Gasteiger partial charge is 0.251 e. The number of likely N-dealkylation sites (tertiary alicyclic amines) is 1. The molecule has 0 saturated carbocycles. The van der Waals surface area contributed by atoms with E-state index in [-0.39, 0.29) is 31.9 Å². The highest BCUT2D eigenvalue weighted by Gasteiger charge is 2.38. The van der Waals surface area contributed by atoms with Crippen molar-refractivity contribution in [2.45, 2.75) is 25.1 Å². The summed E-state index contributed by atoms with van der Waals surface area (Å²) in [6, 6.07) is 16.6. The van der Waals surface area contributed by atoms with Gasteiger partial charge in [-0.25, -0.2) is 0 Å². The molecule has 37 heavy (non-hydrogen) atoms. The highest BCUT2D eigenvalue weighted by molar-refractivity contribution is 7.10. The van der Waals surface area contributed by atoms with Crippen molar-refractivity contribution in [1.29, 1.82) is 5.41 Å². The SMILES string of the molecule is N=C(N)c1csc(CNC(=O)C2CC(O)CN2C(=O)CNC(=O)c2ccc(Oc3ccccc3)cc2)c1. The molecular formula is C26H27N5O5S. The van der Waals surface area contributed by atoms with Crippen LogP contribution >= 0.6 is 11.3 Å². The number of carbonyl (C=O) groups is 3. The minimum absolute atomic E-state index is 0.00575. The van der Waals surface area contributed by atoms with Gasteiger partial charge < -0.3 is 31.1 Å². The average Bonchev–Trinajstić information content (AvgIpc) is 3.54. The van der Waals surface area contributed by atoms with Crippen molar-refractivity contribution in [2.24, 2.45) is 5.73 Å². The third-order valence-corrected chi connectivity index (χ3v) is 6.74. The van der Waals surface area contributed by atoms with Gasteiger partial charge in [0.15, 0.2) is 0 Å². The van der Waals surface area contributed by atoms with Crippen LogP contribution in [0.3, 0.4) is 0 Å². The summed E-state index contributed by atoms with van der Waals surface area (Å²) in [5, 5.41) is 24.6. The number of amides is 3. The molecule has 2 atom stereocenters. The van der Waals surface area contributed by atoms with E-state index in [0.717, 1.165) is 4.88 Å². The molecule has 2 aromatic carbocycles. The average molecular weight is 522 g/mol. The van der Waals surface area contributed by atoms with Crippen LogP contribution in [0.15, 0.2) is 66.0 Å². The van der Waals surface area contributed by atoms with Crippen LogP contribution in [0, 0.1) is 5.41 Å². The lowest BCUT2D eigenvalue weighted by Gasteiger charge is -2.23. The standard InChI is InChI=1S/C26H27N5O5S/c27-24(28)17-10-21(37-15-17)12-29-26(35)22-11-18(32)14-31(22)23(33)13-30-25(34)16-6-8-20(9-7-16)36-19-4-2-1-3-5-19/h1-10,15,18,22,32H,11-14H2,(H3,27,28)(H,29,35)(H,30,34). The Labute approximate surface area is 217 Å². The number of ether oxygens (including phenoxy) is 1. The number of aliphatic hydroxyl groups is 1. The Hall–Kier alpha value is -4.22. The van der Waals surface area contributed by atoms with Crippen molar-refractivity contribution in [1.82, 2.24) is 15.5 Å². The van der Waals surface area contributed by atoms with Crippen molar-refractivity contribution in [3.05, 3.63) is 82.0 Å². The van der Waals surface area contributed by atoms with Crippen molar-refractivity contribution in [3.63, 3.8) is 0 Å². The molecule has 0 bridgehead atoms. The molecule has 1 aliphatic heterocycles. The number of β-amino-alcohol motifs (C(OH)–C–C–N with tert-alkyl or cyclic N) is 1. The zero-order valence-electron chi connectivity index (χ0n) is 19.8. The summed E-state index contributed by atoms with van der Waals surface area (Å²) in [7, 11) is 0. The summed E-state index contributed by atoms with van der Waals surface area (Å²) >= 11 is 1.36. The molecule has 2 unspecified atom stereocenters. The molecule has 1 fully saturated rings. The Morgan fingerprint density at radius 1 is 1.05 bits per heavy atom. The number of amidine groups is 1. The lowest BCUT2D eigenvalue weighted by atomic mass is 10.2. The number of benzene rings is 2. The van der Waals surface area contributed by atoms with Crippen molar-refractivity contribution >= 4 is 34.9 Å². The van der Waals surface area contributed by atoms with Gasteiger partial charge in [0.2, 0.25) is 11.8 Å². The highest BCUT2D eigenvalue weighted by Crippen LogP contribution is 2.22. The number of para-hydroxylation sites is 1. The summed E-state index contributed by atoms with van der Waals surface area (Å²) in [6.07, 6.45) is -0.726. The largest absolute Gasteiger partial charge is 0.457 e. The molecule has 3 amide bonds. The molecule has 2 heterocycles. The molecule has 11 heteroatoms. The Balaban J connectivity index is 1.29. The fraction of sp³-hybridized carbons (Fsp3) is 0.231. The molecule has 3 aromatic rings. The normalized spacial score (nSPS) is 16.7. The van der Waals surface area contributed by atoms with Crippen LogP contribution in [-0.2, 0) is 16.1 Å². The van der Waals surface area contributed by atoms with Crippen LogP contribution in [0.2, 0.25) is 0 Å². The molecule has 1 aromatic heterocycles. The molecule has 0 aliphatic carbocycles. The van der Waals surface area contributed by atoms with Crippen LogP contribution in [0.4, 0.5) is 0 Å². The first-order valence-corrected chi connectivity index (χ1v) is 12.5. The van der Waals surface area contributed by atoms with E-state index in [1.165, 1.54) is 16.2 Å². The second kappa shape index (κ2) is 11.7. The predicted molar refractivity (Wildman–Crippen MR) is 139 cm³/mol. The number of hydrogen-bond donors (Lipinski definition) is 5. The van der Waals surface area contributed by atoms with E-state index in [1.54, 1.807) is 35.7 Å². The molecule has 0 spiro atoms. The van der Waals surface area contributed by atoms with Gasteiger partial charge in [0, 0.05) is 34.3 Å². The van der Waals surface area contributed by atoms with E-state index >= 15 is 0 Å². The van der Waals surface area contributed by atoms with Gasteiger partial charge in [-0.1, -0.05) is 18.2 Å². The van der Waals surface area contributed by atoms with E-state index < -0.39 is 29.9 Å². The van der Waals surface area contributed by atoms with E-state index in [9.17, 15) is 19.5 Å². The maximum Gasteiger partial charge on any atom is 0.251 e. The first-order chi connectivity index (χ1) is 17.8. The number of nitrogens with one attached hydrogen (secondary N) is 3. The Kier molecular flexibility index (Phi) is 8.16. The van der Waals surface area contributed by atoms with Gasteiger partial charge in [-0.05, 0) is 42.5 Å². The second-order valence-corrected chi connectivity index (χ2v) is 9.50. The van der Waals surface area contributed by atoms with Crippen LogP contribution in [0.1, 0.15) is 27.2 Å². The summed E-state index contributed by atoms with van der Waals surface area (Å²) in [5.41, 5.74) is 6.40. The summed E-state index contributed by atoms with van der Waals surface area (Å²) in [4.78, 5) is 40.2. The van der Waals surface area contributed by atoms with Gasteiger partial charge in [0.25, 0.3) is 5.91 Å². The quantitative estimate of drug-likeness (QED) is 0.214. The van der Waals surface area contributed by atoms with Gasteiger partial charge in [0.1, 0.15) is 23.4 Å². The van der Waals surface area contributed by atoms with Gasteiger partial charge >= 0.3 is 0 Å². The van der Waals surface area contributed by atoms with E-state index in [1.807, 2.05) is 30.3 Å². The van der Waals surface area contributed by atoms with Gasteiger partial charge in [0.05, 0.1) is 19.2 Å². The third-order valence-electron chi connectivity index (χ3n) is 5.80. The first kappa shape index (κ1) is 25.9. The molecular weight excluding hydrogens is 494 g/mol. The second-order valence-electron chi connectivity index (χ2n) is 8.51. The monoisotopic (exact) mass is 521 g/mol. The molecule has 192 valence electrons. The number of nitrogens with zero attached hydrogens (tertiary/aromatic N) is 1. The van der Waals surface area contributed by atoms with Crippen molar-refractivity contribution in [2.75, 3.05) is 13.1 Å². The van der Waals surface area contributed by atoms with Crippen LogP contribution in [0.25, 0.3) is 0 Å². The summed E-state index contributed by atoms with van der Waals surface area (Å²) in [5.74, 6) is -0.124. The maximum atomic E-state index is 12.8. The Morgan fingerprint density at radius 2 is 1.76 bits per heavy atom. The number of nitrogen functional groups attached to an aromatic ring is 1. The van der Waals surface area contributed by atoms with Crippen LogP contribution in [-0.4, -0.2) is 58.8 Å². The highest BCUT2D eigenvalue weighted by atomic mass is 32.1. The maximum absolute atomic E-state index is 12.8. The van der Waals surface area contributed by atoms with Gasteiger partial charge in [-0.15, -0.1) is 11.3 Å². The minimum Gasteiger partial charge on any atom is -0.457 e. The third kappa shape index (κ3) is 6.72. The van der Waals surface area contributed by atoms with Crippen molar-refractivity contribution in [3.8, 4) is 11.5 Å². The number of nitrogens with two attached hydrogens (primary N) is 1. The summed E-state index contributed by atoms with van der Waals surface area (Å²) in [6.45, 7) is -0.0948. The number of rotatable bonds is 9. The van der Waals surface area contributed by atoms with Crippen LogP contribution < -0.4 is 21.1 Å². The first-order valence-electron chi connectivity index (χ1n) is 11.6. The van der Waals surface area contributed by atoms with E-state index in [2.05, 4.69) is 10.6 Å². The zero-order chi connectivity index (χ0) is 26.4. The number of thiophene rings is 1.